The second-order valence-corrected chi connectivity index (χ2v) is 7.95. The smallest absolute Gasteiger partial charge is 0.242 e. The van der Waals surface area contributed by atoms with Crippen molar-refractivity contribution in [2.75, 3.05) is 0 Å². The van der Waals surface area contributed by atoms with Crippen LogP contribution in [0.25, 0.3) is 0 Å². The summed E-state index contributed by atoms with van der Waals surface area (Å²) in [6.07, 6.45) is 4.77. The van der Waals surface area contributed by atoms with Crippen molar-refractivity contribution in [1.29, 1.82) is 0 Å². The summed E-state index contributed by atoms with van der Waals surface area (Å²) >= 11 is 3.15. The maximum atomic E-state index is 12.8. The molecule has 0 radical (unpaired) electrons. The van der Waals surface area contributed by atoms with Crippen LogP contribution in [0, 0.1) is 0 Å². The first-order valence-electron chi connectivity index (χ1n) is 8.44. The van der Waals surface area contributed by atoms with Gasteiger partial charge in [0.25, 0.3) is 0 Å². The van der Waals surface area contributed by atoms with E-state index in [0.29, 0.717) is 11.7 Å². The second-order valence-electron chi connectivity index (χ2n) is 5.80. The Bertz CT molecular complexity index is 741. The van der Waals surface area contributed by atoms with Gasteiger partial charge in [0.05, 0.1) is 18.0 Å². The number of thiophene rings is 1. The number of benzene rings is 1. The van der Waals surface area contributed by atoms with E-state index in [2.05, 4.69) is 17.1 Å². The minimum absolute atomic E-state index is 0.0423. The first-order chi connectivity index (χ1) is 12.3. The highest BCUT2D eigenvalue weighted by Gasteiger charge is 2.37. The molecule has 1 aliphatic rings. The number of thioether (sulfide) groups is 1. The van der Waals surface area contributed by atoms with Gasteiger partial charge in [0.15, 0.2) is 5.17 Å². The molecule has 0 bridgehead atoms. The first-order valence-corrected chi connectivity index (χ1v) is 10.2. The lowest BCUT2D eigenvalue weighted by atomic mass is 10.1. The van der Waals surface area contributed by atoms with E-state index in [1.54, 1.807) is 22.5 Å². The molecule has 2 heterocycles. The lowest BCUT2D eigenvalue weighted by Gasteiger charge is -2.15. The molecule has 0 saturated carbocycles. The molecule has 0 N–H and O–H groups in total. The van der Waals surface area contributed by atoms with Crippen LogP contribution in [0.15, 0.2) is 58.0 Å². The molecule has 1 fully saturated rings. The summed E-state index contributed by atoms with van der Waals surface area (Å²) in [6, 6.07) is 14.0. The Morgan fingerprint density at radius 1 is 1.20 bits per heavy atom. The van der Waals surface area contributed by atoms with Crippen LogP contribution < -0.4 is 0 Å². The first kappa shape index (κ1) is 17.9. The molecule has 3 rings (SSSR count). The molecular weight excluding hydrogens is 350 g/mol. The molecule has 25 heavy (non-hydrogen) atoms. The largest absolute Gasteiger partial charge is 0.284 e. The highest BCUT2D eigenvalue weighted by atomic mass is 32.2. The van der Waals surface area contributed by atoms with E-state index in [0.717, 1.165) is 29.7 Å². The third kappa shape index (κ3) is 4.80. The molecule has 0 spiro atoms. The summed E-state index contributed by atoms with van der Waals surface area (Å²) in [4.78, 5) is 15.6. The summed E-state index contributed by atoms with van der Waals surface area (Å²) in [5, 5.41) is 11.2. The zero-order valence-corrected chi connectivity index (χ0v) is 15.8. The van der Waals surface area contributed by atoms with Gasteiger partial charge < -0.3 is 0 Å². The summed E-state index contributed by atoms with van der Waals surface area (Å²) in [5.41, 5.74) is 1.10. The van der Waals surface area contributed by atoms with Crippen molar-refractivity contribution in [3.8, 4) is 0 Å². The summed E-state index contributed by atoms with van der Waals surface area (Å²) in [5.74, 6) is 0.146. The fourth-order valence-corrected chi connectivity index (χ4v) is 4.29. The van der Waals surface area contributed by atoms with Crippen LogP contribution in [-0.4, -0.2) is 27.4 Å². The molecule has 0 aliphatic carbocycles. The third-order valence-corrected chi connectivity index (χ3v) is 5.94. The van der Waals surface area contributed by atoms with Crippen LogP contribution in [0.4, 0.5) is 0 Å². The Kier molecular flexibility index (Phi) is 6.42. The van der Waals surface area contributed by atoms with Gasteiger partial charge >= 0.3 is 0 Å². The molecule has 4 nitrogen and oxygen atoms in total. The van der Waals surface area contributed by atoms with Gasteiger partial charge in [-0.25, -0.2) is 0 Å². The second kappa shape index (κ2) is 8.97. The number of nitrogens with zero attached hydrogens (tertiary/aromatic N) is 3. The fraction of sp³-hybridized carbons (Fsp3) is 0.316. The Morgan fingerprint density at radius 3 is 2.76 bits per heavy atom. The van der Waals surface area contributed by atoms with Crippen molar-refractivity contribution < 1.29 is 4.79 Å². The SMILES string of the molecule is CCCC[C@H]1S/C(=N/N=C\c2cccs2)N(Cc2ccccc2)C1=O. The zero-order chi connectivity index (χ0) is 17.5. The number of rotatable bonds is 7. The van der Waals surface area contributed by atoms with E-state index in [-0.39, 0.29) is 11.2 Å². The summed E-state index contributed by atoms with van der Waals surface area (Å²) < 4.78 is 0. The van der Waals surface area contributed by atoms with E-state index in [1.807, 2.05) is 47.8 Å². The van der Waals surface area contributed by atoms with E-state index in [1.165, 1.54) is 11.8 Å². The van der Waals surface area contributed by atoms with Gasteiger partial charge in [-0.15, -0.1) is 16.4 Å². The minimum atomic E-state index is -0.0423. The number of hydrogen-bond acceptors (Lipinski definition) is 5. The topological polar surface area (TPSA) is 45.0 Å². The molecule has 1 atom stereocenters. The minimum Gasteiger partial charge on any atom is -0.284 e. The number of amidine groups is 1. The van der Waals surface area contributed by atoms with Crippen LogP contribution >= 0.6 is 23.1 Å². The normalized spacial score (nSPS) is 19.4. The van der Waals surface area contributed by atoms with Crippen LogP contribution in [0.3, 0.4) is 0 Å². The number of unbranched alkanes of at least 4 members (excludes halogenated alkanes) is 1. The van der Waals surface area contributed by atoms with Gasteiger partial charge in [-0.1, -0.05) is 67.9 Å². The van der Waals surface area contributed by atoms with E-state index >= 15 is 0 Å². The van der Waals surface area contributed by atoms with E-state index < -0.39 is 0 Å². The Hall–Kier alpha value is -1.92. The van der Waals surface area contributed by atoms with Crippen LogP contribution in [0.5, 0.6) is 0 Å². The highest BCUT2D eigenvalue weighted by molar-refractivity contribution is 8.15. The molecule has 0 unspecified atom stereocenters. The Morgan fingerprint density at radius 2 is 2.04 bits per heavy atom. The molecule has 1 amide bonds. The van der Waals surface area contributed by atoms with E-state index in [9.17, 15) is 4.79 Å². The van der Waals surface area contributed by atoms with Crippen molar-refractivity contribution in [3.63, 3.8) is 0 Å². The highest BCUT2D eigenvalue weighted by Crippen LogP contribution is 2.32. The third-order valence-electron chi connectivity index (χ3n) is 3.89. The summed E-state index contributed by atoms with van der Waals surface area (Å²) in [6.45, 7) is 2.69. The molecule has 1 aromatic heterocycles. The number of amides is 1. The molecule has 130 valence electrons. The predicted molar refractivity (Wildman–Crippen MR) is 107 cm³/mol. The fourth-order valence-electron chi connectivity index (χ4n) is 2.57. The molecule has 6 heteroatoms. The monoisotopic (exact) mass is 371 g/mol. The Labute approximate surface area is 156 Å². The maximum absolute atomic E-state index is 12.8. The van der Waals surface area contributed by atoms with Gasteiger partial charge in [-0.3, -0.25) is 9.69 Å². The number of carbonyl (C=O) groups excluding carboxylic acids is 1. The van der Waals surface area contributed by atoms with Crippen LogP contribution in [-0.2, 0) is 11.3 Å². The lowest BCUT2D eigenvalue weighted by Crippen LogP contribution is -2.31. The van der Waals surface area contributed by atoms with Crippen LogP contribution in [0.2, 0.25) is 0 Å². The zero-order valence-electron chi connectivity index (χ0n) is 14.2. The van der Waals surface area contributed by atoms with Crippen molar-refractivity contribution >= 4 is 40.4 Å². The molecular formula is C19H21N3OS2. The average Bonchev–Trinajstić information content (AvgIpc) is 3.25. The van der Waals surface area contributed by atoms with Gasteiger partial charge in [0.2, 0.25) is 5.91 Å². The molecule has 1 saturated heterocycles. The van der Waals surface area contributed by atoms with Gasteiger partial charge in [0.1, 0.15) is 0 Å². The van der Waals surface area contributed by atoms with Gasteiger partial charge in [-0.05, 0) is 23.4 Å². The van der Waals surface area contributed by atoms with Crippen molar-refractivity contribution in [2.45, 2.75) is 38.0 Å². The molecule has 2 aromatic rings. The van der Waals surface area contributed by atoms with Gasteiger partial charge in [0, 0.05) is 4.88 Å². The van der Waals surface area contributed by atoms with E-state index in [4.69, 9.17) is 0 Å². The van der Waals surface area contributed by atoms with Crippen molar-refractivity contribution in [1.82, 2.24) is 4.90 Å². The number of carbonyl (C=O) groups is 1. The number of hydrogen-bond donors (Lipinski definition) is 0. The van der Waals surface area contributed by atoms with Crippen molar-refractivity contribution in [2.24, 2.45) is 10.2 Å². The molecule has 1 aliphatic heterocycles. The molecule has 1 aromatic carbocycles. The van der Waals surface area contributed by atoms with Crippen molar-refractivity contribution in [3.05, 3.63) is 58.3 Å². The Balaban J connectivity index is 1.77. The average molecular weight is 372 g/mol. The maximum Gasteiger partial charge on any atom is 0.242 e. The quantitative estimate of drug-likeness (QED) is 0.520. The van der Waals surface area contributed by atoms with Gasteiger partial charge in [-0.2, -0.15) is 5.10 Å². The predicted octanol–water partition coefficient (Wildman–Crippen LogP) is 4.77. The summed E-state index contributed by atoms with van der Waals surface area (Å²) in [7, 11) is 0. The van der Waals surface area contributed by atoms with Crippen LogP contribution in [0.1, 0.15) is 36.6 Å². The standard InChI is InChI=1S/C19H21N3OS2/c1-2-3-11-17-18(23)22(14-15-8-5-4-6-9-15)19(25-17)21-20-13-16-10-7-12-24-16/h4-10,12-13,17H,2-3,11,14H2,1H3/b20-13-,21-19+/t17-/m1/s1. The lowest BCUT2D eigenvalue weighted by molar-refractivity contribution is -0.126.